The Kier molecular flexibility index (Phi) is 5.74. The van der Waals surface area contributed by atoms with E-state index in [1.54, 1.807) is 6.26 Å². The maximum absolute atomic E-state index is 12.2. The molecule has 0 bridgehead atoms. The number of nitrogens with zero attached hydrogens (tertiary/aromatic N) is 1. The molecule has 0 spiro atoms. The standard InChI is InChI=1S/C22H19ClN2O2S/c23-19-9-3-1-6-16(19)13-25-14-21(18-8-2-4-10-20(18)25)28-15-22(26)24-12-17-7-5-11-27-17/h1-11,14H,12-13,15H2,(H,24,26). The van der Waals surface area contributed by atoms with E-state index in [1.807, 2.05) is 48.5 Å². The van der Waals surface area contributed by atoms with Crippen molar-refractivity contribution in [3.63, 3.8) is 0 Å². The van der Waals surface area contributed by atoms with Crippen molar-refractivity contribution >= 4 is 40.2 Å². The molecule has 2 heterocycles. The van der Waals surface area contributed by atoms with Gasteiger partial charge in [0.25, 0.3) is 0 Å². The normalized spacial score (nSPS) is 11.0. The second kappa shape index (κ2) is 8.59. The highest BCUT2D eigenvalue weighted by molar-refractivity contribution is 8.00. The zero-order valence-electron chi connectivity index (χ0n) is 15.1. The van der Waals surface area contributed by atoms with Crippen molar-refractivity contribution in [3.8, 4) is 0 Å². The minimum Gasteiger partial charge on any atom is -0.467 e. The molecular formula is C22H19ClN2O2S. The van der Waals surface area contributed by atoms with Crippen molar-refractivity contribution in [2.24, 2.45) is 0 Å². The van der Waals surface area contributed by atoms with Crippen LogP contribution in [0.4, 0.5) is 0 Å². The molecule has 6 heteroatoms. The quantitative estimate of drug-likeness (QED) is 0.418. The maximum atomic E-state index is 12.2. The number of aromatic nitrogens is 1. The molecule has 142 valence electrons. The van der Waals surface area contributed by atoms with Crippen LogP contribution in [0.5, 0.6) is 0 Å². The fourth-order valence-electron chi connectivity index (χ4n) is 3.06. The number of furan rings is 1. The van der Waals surface area contributed by atoms with Gasteiger partial charge in [-0.2, -0.15) is 0 Å². The summed E-state index contributed by atoms with van der Waals surface area (Å²) in [5.74, 6) is 1.07. The number of benzene rings is 2. The minimum absolute atomic E-state index is 0.0238. The highest BCUT2D eigenvalue weighted by atomic mass is 35.5. The van der Waals surface area contributed by atoms with E-state index in [-0.39, 0.29) is 5.91 Å². The molecule has 2 aromatic heterocycles. The molecule has 0 aliphatic carbocycles. The van der Waals surface area contributed by atoms with Gasteiger partial charge in [-0.15, -0.1) is 11.8 Å². The number of halogens is 1. The Hall–Kier alpha value is -2.63. The Morgan fingerprint density at radius 1 is 1.07 bits per heavy atom. The van der Waals surface area contributed by atoms with Crippen molar-refractivity contribution in [3.05, 3.63) is 89.5 Å². The molecule has 4 nitrogen and oxygen atoms in total. The van der Waals surface area contributed by atoms with Gasteiger partial charge >= 0.3 is 0 Å². The third kappa shape index (κ3) is 4.26. The molecule has 0 aliphatic rings. The Balaban J connectivity index is 1.48. The van der Waals surface area contributed by atoms with Crippen molar-refractivity contribution in [2.45, 2.75) is 18.0 Å². The van der Waals surface area contributed by atoms with Crippen molar-refractivity contribution < 1.29 is 9.21 Å². The summed E-state index contributed by atoms with van der Waals surface area (Å²) >= 11 is 7.87. The highest BCUT2D eigenvalue weighted by Gasteiger charge is 2.12. The number of rotatable bonds is 7. The lowest BCUT2D eigenvalue weighted by Crippen LogP contribution is -2.24. The fraction of sp³-hybridized carbons (Fsp3) is 0.136. The molecule has 0 saturated carbocycles. The van der Waals surface area contributed by atoms with E-state index in [1.165, 1.54) is 11.8 Å². The van der Waals surface area contributed by atoms with E-state index in [0.717, 1.165) is 32.1 Å². The summed E-state index contributed by atoms with van der Waals surface area (Å²) in [6, 6.07) is 19.7. The van der Waals surface area contributed by atoms with Crippen molar-refractivity contribution in [1.82, 2.24) is 9.88 Å². The van der Waals surface area contributed by atoms with Crippen LogP contribution in [0.15, 0.2) is 82.4 Å². The largest absolute Gasteiger partial charge is 0.467 e. The predicted octanol–water partition coefficient (Wildman–Crippen LogP) is 5.34. The van der Waals surface area contributed by atoms with Gasteiger partial charge in [0.15, 0.2) is 0 Å². The molecule has 4 rings (SSSR count). The zero-order valence-corrected chi connectivity index (χ0v) is 16.7. The minimum atomic E-state index is -0.0238. The molecule has 0 unspecified atom stereocenters. The van der Waals surface area contributed by atoms with E-state index in [2.05, 4.69) is 28.2 Å². The van der Waals surface area contributed by atoms with Gasteiger partial charge in [-0.25, -0.2) is 0 Å². The Morgan fingerprint density at radius 2 is 1.89 bits per heavy atom. The average molecular weight is 411 g/mol. The SMILES string of the molecule is O=C(CSc1cn(Cc2ccccc2Cl)c2ccccc12)NCc1ccco1. The first kappa shape index (κ1) is 18.7. The van der Waals surface area contributed by atoms with E-state index in [0.29, 0.717) is 18.8 Å². The monoisotopic (exact) mass is 410 g/mol. The summed E-state index contributed by atoms with van der Waals surface area (Å²) in [6.07, 6.45) is 3.70. The van der Waals surface area contributed by atoms with Crippen LogP contribution in [0, 0.1) is 0 Å². The number of thioether (sulfide) groups is 1. The molecule has 1 amide bonds. The number of hydrogen-bond donors (Lipinski definition) is 1. The third-order valence-corrected chi connectivity index (χ3v) is 5.86. The smallest absolute Gasteiger partial charge is 0.230 e. The summed E-state index contributed by atoms with van der Waals surface area (Å²) in [6.45, 7) is 1.09. The van der Waals surface area contributed by atoms with Crippen LogP contribution in [0.25, 0.3) is 10.9 Å². The second-order valence-electron chi connectivity index (χ2n) is 6.37. The first-order valence-corrected chi connectivity index (χ1v) is 10.3. The molecule has 0 radical (unpaired) electrons. The number of hydrogen-bond acceptors (Lipinski definition) is 3. The van der Waals surface area contributed by atoms with Gasteiger partial charge in [0, 0.05) is 33.6 Å². The third-order valence-electron chi connectivity index (χ3n) is 4.45. The van der Waals surface area contributed by atoms with Crippen LogP contribution < -0.4 is 5.32 Å². The van der Waals surface area contributed by atoms with Crippen molar-refractivity contribution in [1.29, 1.82) is 0 Å². The number of carbonyl (C=O) groups excluding carboxylic acids is 1. The molecule has 4 aromatic rings. The molecule has 0 fully saturated rings. The van der Waals surface area contributed by atoms with Crippen LogP contribution in [-0.2, 0) is 17.9 Å². The lowest BCUT2D eigenvalue weighted by molar-refractivity contribution is -0.118. The predicted molar refractivity (Wildman–Crippen MR) is 114 cm³/mol. The lowest BCUT2D eigenvalue weighted by atomic mass is 10.2. The Bertz CT molecular complexity index is 1090. The van der Waals surface area contributed by atoms with Crippen LogP contribution in [0.3, 0.4) is 0 Å². The summed E-state index contributed by atoms with van der Waals surface area (Å²) in [5, 5.41) is 4.77. The second-order valence-corrected chi connectivity index (χ2v) is 7.80. The van der Waals surface area contributed by atoms with Gasteiger partial charge in [0.2, 0.25) is 5.91 Å². The number of nitrogens with one attached hydrogen (secondary N) is 1. The number of carbonyl (C=O) groups is 1. The number of para-hydroxylation sites is 1. The molecule has 28 heavy (non-hydrogen) atoms. The van der Waals surface area contributed by atoms with Crippen LogP contribution >= 0.6 is 23.4 Å². The van der Waals surface area contributed by atoms with Crippen LogP contribution in [0.2, 0.25) is 5.02 Å². The van der Waals surface area contributed by atoms with E-state index >= 15 is 0 Å². The summed E-state index contributed by atoms with van der Waals surface area (Å²) in [7, 11) is 0. The van der Waals surface area contributed by atoms with Gasteiger partial charge in [0.05, 0.1) is 18.6 Å². The first-order valence-electron chi connectivity index (χ1n) is 8.94. The van der Waals surface area contributed by atoms with Gasteiger partial charge in [-0.05, 0) is 29.8 Å². The topological polar surface area (TPSA) is 47.2 Å². The van der Waals surface area contributed by atoms with Gasteiger partial charge in [0.1, 0.15) is 5.76 Å². The molecule has 0 saturated heterocycles. The van der Waals surface area contributed by atoms with Crippen LogP contribution in [0.1, 0.15) is 11.3 Å². The van der Waals surface area contributed by atoms with Gasteiger partial charge < -0.3 is 14.3 Å². The van der Waals surface area contributed by atoms with Gasteiger partial charge in [-0.3, -0.25) is 4.79 Å². The molecule has 0 aliphatic heterocycles. The first-order chi connectivity index (χ1) is 13.7. The summed E-state index contributed by atoms with van der Waals surface area (Å²) < 4.78 is 7.42. The van der Waals surface area contributed by atoms with Gasteiger partial charge in [-0.1, -0.05) is 48.0 Å². The Labute approximate surface area is 172 Å². The average Bonchev–Trinajstić information content (AvgIpc) is 3.35. The molecule has 1 N–H and O–H groups in total. The highest BCUT2D eigenvalue weighted by Crippen LogP contribution is 2.31. The fourth-order valence-corrected chi connectivity index (χ4v) is 4.18. The maximum Gasteiger partial charge on any atom is 0.230 e. The molecule has 0 atom stereocenters. The van der Waals surface area contributed by atoms with Crippen LogP contribution in [-0.4, -0.2) is 16.2 Å². The van der Waals surface area contributed by atoms with E-state index < -0.39 is 0 Å². The molecular weight excluding hydrogens is 392 g/mol. The number of amides is 1. The lowest BCUT2D eigenvalue weighted by Gasteiger charge is -2.07. The zero-order chi connectivity index (χ0) is 19.3. The van der Waals surface area contributed by atoms with E-state index in [4.69, 9.17) is 16.0 Å². The van der Waals surface area contributed by atoms with Crippen molar-refractivity contribution in [2.75, 3.05) is 5.75 Å². The summed E-state index contributed by atoms with van der Waals surface area (Å²) in [4.78, 5) is 13.3. The Morgan fingerprint density at radius 3 is 2.71 bits per heavy atom. The number of fused-ring (bicyclic) bond motifs is 1. The summed E-state index contributed by atoms with van der Waals surface area (Å²) in [5.41, 5.74) is 2.19. The van der Waals surface area contributed by atoms with E-state index in [9.17, 15) is 4.79 Å². The molecule has 2 aromatic carbocycles.